The zero-order valence-corrected chi connectivity index (χ0v) is 16.5. The fraction of sp³-hybridized carbons (Fsp3) is 0.588. The summed E-state index contributed by atoms with van der Waals surface area (Å²) in [6, 6.07) is 8.38. The highest BCUT2D eigenvalue weighted by Gasteiger charge is 2.22. The van der Waals surface area contributed by atoms with Crippen LogP contribution in [0.1, 0.15) is 44.7 Å². The summed E-state index contributed by atoms with van der Waals surface area (Å²) >= 11 is 0. The van der Waals surface area contributed by atoms with E-state index in [0.29, 0.717) is 13.1 Å². The largest absolute Gasteiger partial charge is 0.388 e. The summed E-state index contributed by atoms with van der Waals surface area (Å²) in [5, 5.41) is 16.8. The molecule has 0 saturated carbocycles. The standard InChI is InChI=1S/C17H29N3O.HI/c1-5-17(21,6-2)13-20-16(18-7-3)19-12-15-10-8-14(4)9-11-15;/h8-11,21H,5-7,12-13H2,1-4H3,(H2,18,19,20);1H. The first-order valence-electron chi connectivity index (χ1n) is 7.83. The number of halogens is 1. The molecule has 5 heteroatoms. The third kappa shape index (κ3) is 7.45. The molecule has 0 atom stereocenters. The minimum absolute atomic E-state index is 0. The molecule has 0 aromatic heterocycles. The maximum Gasteiger partial charge on any atom is 0.191 e. The van der Waals surface area contributed by atoms with Gasteiger partial charge in [-0.2, -0.15) is 0 Å². The van der Waals surface area contributed by atoms with Crippen molar-refractivity contribution in [3.8, 4) is 0 Å². The van der Waals surface area contributed by atoms with Gasteiger partial charge in [-0.05, 0) is 32.3 Å². The van der Waals surface area contributed by atoms with Gasteiger partial charge in [-0.1, -0.05) is 43.7 Å². The van der Waals surface area contributed by atoms with Crippen molar-refractivity contribution in [2.45, 2.75) is 52.7 Å². The van der Waals surface area contributed by atoms with Crippen LogP contribution in [-0.2, 0) is 6.54 Å². The SMILES string of the molecule is CCNC(=NCc1ccc(C)cc1)NCC(O)(CC)CC.I. The summed E-state index contributed by atoms with van der Waals surface area (Å²) < 4.78 is 0. The maximum atomic E-state index is 10.3. The zero-order chi connectivity index (χ0) is 15.7. The van der Waals surface area contributed by atoms with Gasteiger partial charge >= 0.3 is 0 Å². The van der Waals surface area contributed by atoms with E-state index in [1.165, 1.54) is 11.1 Å². The fourth-order valence-corrected chi connectivity index (χ4v) is 1.95. The van der Waals surface area contributed by atoms with Crippen molar-refractivity contribution in [3.63, 3.8) is 0 Å². The molecule has 0 aliphatic carbocycles. The molecule has 0 bridgehead atoms. The van der Waals surface area contributed by atoms with E-state index in [1.54, 1.807) is 0 Å². The average molecular weight is 419 g/mol. The number of rotatable bonds is 7. The number of hydrogen-bond donors (Lipinski definition) is 3. The molecule has 126 valence electrons. The molecule has 0 amide bonds. The second kappa shape index (κ2) is 10.8. The number of nitrogens with one attached hydrogen (secondary N) is 2. The van der Waals surface area contributed by atoms with Gasteiger partial charge in [-0.3, -0.25) is 0 Å². The number of aryl methyl sites for hydroxylation is 1. The van der Waals surface area contributed by atoms with Gasteiger partial charge in [0.1, 0.15) is 0 Å². The van der Waals surface area contributed by atoms with Crippen LogP contribution in [0.2, 0.25) is 0 Å². The second-order valence-electron chi connectivity index (χ2n) is 5.47. The number of hydrogen-bond acceptors (Lipinski definition) is 2. The molecular weight excluding hydrogens is 389 g/mol. The highest BCUT2D eigenvalue weighted by atomic mass is 127. The molecule has 1 aromatic carbocycles. The number of benzene rings is 1. The van der Waals surface area contributed by atoms with Crippen LogP contribution in [0.15, 0.2) is 29.3 Å². The minimum Gasteiger partial charge on any atom is -0.388 e. The Hall–Kier alpha value is -0.820. The fourth-order valence-electron chi connectivity index (χ4n) is 1.95. The van der Waals surface area contributed by atoms with Gasteiger partial charge in [0, 0.05) is 13.1 Å². The third-order valence-corrected chi connectivity index (χ3v) is 3.79. The lowest BCUT2D eigenvalue weighted by molar-refractivity contribution is 0.0367. The van der Waals surface area contributed by atoms with Crippen LogP contribution in [0.3, 0.4) is 0 Å². The highest BCUT2D eigenvalue weighted by molar-refractivity contribution is 14.0. The van der Waals surface area contributed by atoms with Crippen LogP contribution >= 0.6 is 24.0 Å². The van der Waals surface area contributed by atoms with Crippen molar-refractivity contribution in [1.29, 1.82) is 0 Å². The summed E-state index contributed by atoms with van der Waals surface area (Å²) in [7, 11) is 0. The van der Waals surface area contributed by atoms with E-state index in [0.717, 1.165) is 25.3 Å². The molecule has 1 rings (SSSR count). The topological polar surface area (TPSA) is 56.7 Å². The number of guanidine groups is 1. The molecule has 0 spiro atoms. The van der Waals surface area contributed by atoms with E-state index in [-0.39, 0.29) is 24.0 Å². The monoisotopic (exact) mass is 419 g/mol. The molecule has 0 saturated heterocycles. The Morgan fingerprint density at radius 1 is 1.09 bits per heavy atom. The number of nitrogens with zero attached hydrogens (tertiary/aromatic N) is 1. The van der Waals surface area contributed by atoms with Gasteiger partial charge in [-0.25, -0.2) is 4.99 Å². The van der Waals surface area contributed by atoms with Crippen LogP contribution in [0.4, 0.5) is 0 Å². The Bertz CT molecular complexity index is 442. The van der Waals surface area contributed by atoms with Crippen molar-refractivity contribution in [1.82, 2.24) is 10.6 Å². The van der Waals surface area contributed by atoms with Crippen LogP contribution in [0.25, 0.3) is 0 Å². The Labute approximate surface area is 151 Å². The predicted molar refractivity (Wildman–Crippen MR) is 105 cm³/mol. The molecular formula is C17H30IN3O. The molecule has 0 fully saturated rings. The Morgan fingerprint density at radius 2 is 1.68 bits per heavy atom. The van der Waals surface area contributed by atoms with Crippen molar-refractivity contribution < 1.29 is 5.11 Å². The van der Waals surface area contributed by atoms with Crippen LogP contribution in [-0.4, -0.2) is 29.8 Å². The normalized spacial score (nSPS) is 11.8. The molecule has 0 heterocycles. The van der Waals surface area contributed by atoms with Crippen molar-refractivity contribution in [2.24, 2.45) is 4.99 Å². The Morgan fingerprint density at radius 3 is 2.18 bits per heavy atom. The lowest BCUT2D eigenvalue weighted by Gasteiger charge is -2.26. The first-order valence-corrected chi connectivity index (χ1v) is 7.83. The summed E-state index contributed by atoms with van der Waals surface area (Å²) in [6.07, 6.45) is 1.46. The summed E-state index contributed by atoms with van der Waals surface area (Å²) in [5.41, 5.74) is 1.77. The molecule has 3 N–H and O–H groups in total. The molecule has 1 aromatic rings. The Balaban J connectivity index is 0.00000441. The molecule has 0 aliphatic rings. The van der Waals surface area contributed by atoms with E-state index in [1.807, 2.05) is 20.8 Å². The van der Waals surface area contributed by atoms with E-state index >= 15 is 0 Å². The second-order valence-corrected chi connectivity index (χ2v) is 5.47. The van der Waals surface area contributed by atoms with Gasteiger partial charge < -0.3 is 15.7 Å². The van der Waals surface area contributed by atoms with Gasteiger partial charge in [0.2, 0.25) is 0 Å². The zero-order valence-electron chi connectivity index (χ0n) is 14.1. The van der Waals surface area contributed by atoms with Gasteiger partial charge in [0.25, 0.3) is 0 Å². The summed E-state index contributed by atoms with van der Waals surface area (Å²) in [4.78, 5) is 4.57. The van der Waals surface area contributed by atoms with E-state index < -0.39 is 5.60 Å². The van der Waals surface area contributed by atoms with E-state index in [9.17, 15) is 5.11 Å². The summed E-state index contributed by atoms with van der Waals surface area (Å²) in [6.45, 7) is 10.1. The molecule has 0 aliphatic heterocycles. The molecule has 0 radical (unpaired) electrons. The van der Waals surface area contributed by atoms with Gasteiger partial charge in [0.05, 0.1) is 12.1 Å². The third-order valence-electron chi connectivity index (χ3n) is 3.79. The predicted octanol–water partition coefficient (Wildman–Crippen LogP) is 3.22. The van der Waals surface area contributed by atoms with E-state index in [4.69, 9.17) is 0 Å². The number of aliphatic imine (C=N–C) groups is 1. The Kier molecular flexibility index (Phi) is 10.4. The molecule has 22 heavy (non-hydrogen) atoms. The first kappa shape index (κ1) is 21.2. The molecule has 4 nitrogen and oxygen atoms in total. The van der Waals surface area contributed by atoms with Crippen molar-refractivity contribution in [3.05, 3.63) is 35.4 Å². The maximum absolute atomic E-state index is 10.3. The molecule has 0 unspecified atom stereocenters. The lowest BCUT2D eigenvalue weighted by Crippen LogP contribution is -2.46. The average Bonchev–Trinajstić information content (AvgIpc) is 2.51. The van der Waals surface area contributed by atoms with Gasteiger partial charge in [-0.15, -0.1) is 24.0 Å². The summed E-state index contributed by atoms with van der Waals surface area (Å²) in [5.74, 6) is 0.749. The van der Waals surface area contributed by atoms with Crippen LogP contribution < -0.4 is 10.6 Å². The van der Waals surface area contributed by atoms with Crippen molar-refractivity contribution in [2.75, 3.05) is 13.1 Å². The van der Waals surface area contributed by atoms with Crippen LogP contribution in [0.5, 0.6) is 0 Å². The minimum atomic E-state index is -0.667. The van der Waals surface area contributed by atoms with Crippen LogP contribution in [0, 0.1) is 6.92 Å². The highest BCUT2D eigenvalue weighted by Crippen LogP contribution is 2.12. The van der Waals surface area contributed by atoms with Gasteiger partial charge in [0.15, 0.2) is 5.96 Å². The van der Waals surface area contributed by atoms with E-state index in [2.05, 4.69) is 46.8 Å². The lowest BCUT2D eigenvalue weighted by atomic mass is 9.98. The van der Waals surface area contributed by atoms with Crippen molar-refractivity contribution >= 4 is 29.9 Å². The quantitative estimate of drug-likeness (QED) is 0.362. The smallest absolute Gasteiger partial charge is 0.191 e. The number of aliphatic hydroxyl groups is 1. The first-order chi connectivity index (χ1) is 10.0.